The number of fused-ring (bicyclic) bond motifs is 23. The van der Waals surface area contributed by atoms with Gasteiger partial charge in [-0.2, -0.15) is 0 Å². The fourth-order valence-corrected chi connectivity index (χ4v) is 12.0. The first-order chi connectivity index (χ1) is 11.3. The Morgan fingerprint density at radius 3 is 2.17 bits per heavy atom. The van der Waals surface area contributed by atoms with Gasteiger partial charge < -0.3 is 0 Å². The summed E-state index contributed by atoms with van der Waals surface area (Å²) in [5, 5.41) is 0. The minimum Gasteiger partial charge on any atom is -0.0848 e. The van der Waals surface area contributed by atoms with Crippen molar-refractivity contribution in [3.8, 4) is 0 Å². The lowest BCUT2D eigenvalue weighted by molar-refractivity contribution is -0.0817. The number of hydrogen-bond donors (Lipinski definition) is 0. The zero-order valence-electron chi connectivity index (χ0n) is 14.4. The molecular weight excluding hydrogens is 276 g/mol. The monoisotopic (exact) mass is 306 g/mol. The first-order valence-electron chi connectivity index (χ1n) is 10.9. The molecule has 8 aliphatic rings. The fourth-order valence-electron chi connectivity index (χ4n) is 12.0. The molecule has 0 aromatic rings. The second kappa shape index (κ2) is 3.36. The minimum absolute atomic E-state index is 0.792. The lowest BCUT2D eigenvalue weighted by atomic mass is 9.49. The van der Waals surface area contributed by atoms with E-state index in [1.807, 2.05) is 0 Å². The summed E-state index contributed by atoms with van der Waals surface area (Å²) in [6, 6.07) is 0. The maximum Gasteiger partial charge on any atom is -0.0194 e. The molecular formula is C23H30. The fraction of sp³-hybridized carbons (Fsp3) is 0.913. The van der Waals surface area contributed by atoms with Crippen molar-refractivity contribution in [3.05, 3.63) is 12.2 Å². The second-order valence-electron chi connectivity index (χ2n) is 11.5. The van der Waals surface area contributed by atoms with E-state index in [4.69, 9.17) is 0 Å². The Labute approximate surface area is 140 Å². The summed E-state index contributed by atoms with van der Waals surface area (Å²) in [6.07, 6.45) is 15.1. The van der Waals surface area contributed by atoms with Crippen molar-refractivity contribution in [2.24, 2.45) is 82.3 Å². The highest BCUT2D eigenvalue weighted by atomic mass is 14.8. The van der Waals surface area contributed by atoms with Gasteiger partial charge in [-0.05, 0) is 121 Å². The van der Waals surface area contributed by atoms with Crippen molar-refractivity contribution in [1.29, 1.82) is 0 Å². The summed E-state index contributed by atoms with van der Waals surface area (Å²) in [7, 11) is 0. The molecule has 0 aliphatic heterocycles. The Morgan fingerprint density at radius 1 is 0.696 bits per heavy atom. The summed E-state index contributed by atoms with van der Waals surface area (Å²) in [5.74, 6) is 14.9. The quantitative estimate of drug-likeness (QED) is 0.436. The van der Waals surface area contributed by atoms with E-state index < -0.39 is 0 Å². The molecule has 14 unspecified atom stereocenters. The maximum absolute atomic E-state index is 2.83. The highest BCUT2D eigenvalue weighted by Crippen LogP contribution is 2.84. The van der Waals surface area contributed by atoms with Gasteiger partial charge in [0.2, 0.25) is 0 Å². The van der Waals surface area contributed by atoms with Crippen molar-refractivity contribution < 1.29 is 0 Å². The highest BCUT2D eigenvalue weighted by molar-refractivity contribution is 5.30. The first-order valence-corrected chi connectivity index (χ1v) is 10.9. The van der Waals surface area contributed by atoms with Crippen molar-refractivity contribution in [2.75, 3.05) is 0 Å². The zero-order valence-corrected chi connectivity index (χ0v) is 14.4. The summed E-state index contributed by atoms with van der Waals surface area (Å²) in [4.78, 5) is 0. The van der Waals surface area contributed by atoms with Crippen molar-refractivity contribution in [2.45, 2.75) is 45.4 Å². The lowest BCUT2D eigenvalue weighted by Gasteiger charge is -2.56. The Hall–Kier alpha value is -0.260. The first kappa shape index (κ1) is 12.2. The van der Waals surface area contributed by atoms with Gasteiger partial charge in [0.25, 0.3) is 0 Å². The summed E-state index contributed by atoms with van der Waals surface area (Å²) >= 11 is 0. The Balaban J connectivity index is 1.29. The molecule has 0 radical (unpaired) electrons. The molecule has 0 nitrogen and oxygen atoms in total. The largest absolute Gasteiger partial charge is 0.0848 e. The Kier molecular flexibility index (Phi) is 1.78. The third-order valence-corrected chi connectivity index (χ3v) is 11.8. The van der Waals surface area contributed by atoms with Crippen molar-refractivity contribution in [3.63, 3.8) is 0 Å². The molecule has 0 amide bonds. The molecule has 8 aliphatic carbocycles. The summed E-state index contributed by atoms with van der Waals surface area (Å²) < 4.78 is 0. The molecule has 0 aromatic heterocycles. The smallest absolute Gasteiger partial charge is 0.0194 e. The Bertz CT molecular complexity index is 646. The summed E-state index contributed by atoms with van der Waals surface area (Å²) in [6.45, 7) is 2.83. The van der Waals surface area contributed by atoms with E-state index in [0.717, 1.165) is 46.8 Å². The van der Waals surface area contributed by atoms with Gasteiger partial charge in [0.15, 0.2) is 0 Å². The van der Waals surface area contributed by atoms with Gasteiger partial charge in [0, 0.05) is 0 Å². The highest BCUT2D eigenvalue weighted by Gasteiger charge is 2.79. The van der Waals surface area contributed by atoms with Crippen LogP contribution in [0.5, 0.6) is 0 Å². The van der Waals surface area contributed by atoms with Crippen LogP contribution in [0.1, 0.15) is 45.4 Å². The number of hydrogen-bond acceptors (Lipinski definition) is 0. The van der Waals surface area contributed by atoms with Crippen molar-refractivity contribution >= 4 is 0 Å². The van der Waals surface area contributed by atoms with Gasteiger partial charge in [-0.3, -0.25) is 0 Å². The SMILES string of the molecule is CC12C3CC(C4C5C=CC(C5)C43)C1C1CC2C2C3CCC(C3)C12. The topological polar surface area (TPSA) is 0 Å². The van der Waals surface area contributed by atoms with Gasteiger partial charge in [-0.25, -0.2) is 0 Å². The van der Waals surface area contributed by atoms with Crippen LogP contribution in [0.4, 0.5) is 0 Å². The van der Waals surface area contributed by atoms with Crippen LogP contribution in [-0.2, 0) is 0 Å². The summed E-state index contributed by atoms with van der Waals surface area (Å²) in [5.41, 5.74) is 0.792. The normalized spacial score (nSPS) is 77.2. The van der Waals surface area contributed by atoms with Crippen LogP contribution < -0.4 is 0 Å². The van der Waals surface area contributed by atoms with Gasteiger partial charge in [0.05, 0.1) is 0 Å². The van der Waals surface area contributed by atoms with Crippen LogP contribution in [0.2, 0.25) is 0 Å². The maximum atomic E-state index is 2.83. The molecule has 0 heteroatoms. The molecule has 122 valence electrons. The molecule has 7 saturated carbocycles. The van der Waals surface area contributed by atoms with Gasteiger partial charge in [-0.15, -0.1) is 0 Å². The second-order valence-corrected chi connectivity index (χ2v) is 11.5. The molecule has 0 heterocycles. The zero-order chi connectivity index (χ0) is 14.7. The van der Waals surface area contributed by atoms with Crippen LogP contribution in [0.15, 0.2) is 12.2 Å². The molecule has 0 spiro atoms. The average molecular weight is 306 g/mol. The van der Waals surface area contributed by atoms with Crippen molar-refractivity contribution in [1.82, 2.24) is 0 Å². The minimum atomic E-state index is 0.792. The average Bonchev–Trinajstić information content (AvgIpc) is 3.34. The lowest BCUT2D eigenvalue weighted by Crippen LogP contribution is -2.52. The standard InChI is InChI=1S/C23H30/c1-23-16-8-14(18-10-2-4-12(6-10)20(16)18)22(23)15-9-17(23)21-13-5-3-11(7-13)19(15)21/h2,4,10-22H,3,5-9H2,1H3. The van der Waals surface area contributed by atoms with Gasteiger partial charge >= 0.3 is 0 Å². The third kappa shape index (κ3) is 1.01. The molecule has 8 rings (SSSR count). The molecule has 0 aromatic carbocycles. The Morgan fingerprint density at radius 2 is 1.35 bits per heavy atom. The van der Waals surface area contributed by atoms with Gasteiger partial charge in [0.1, 0.15) is 0 Å². The van der Waals surface area contributed by atoms with Crippen LogP contribution in [0, 0.1) is 82.3 Å². The van der Waals surface area contributed by atoms with E-state index in [2.05, 4.69) is 19.1 Å². The number of rotatable bonds is 0. The van der Waals surface area contributed by atoms with E-state index in [1.54, 1.807) is 38.5 Å². The molecule has 7 fully saturated rings. The number of allylic oxidation sites excluding steroid dienone is 2. The molecule has 0 saturated heterocycles. The molecule has 8 bridgehead atoms. The van der Waals surface area contributed by atoms with E-state index in [9.17, 15) is 0 Å². The van der Waals surface area contributed by atoms with E-state index in [1.165, 1.54) is 35.5 Å². The van der Waals surface area contributed by atoms with E-state index in [-0.39, 0.29) is 0 Å². The van der Waals surface area contributed by atoms with Crippen LogP contribution in [0.25, 0.3) is 0 Å². The van der Waals surface area contributed by atoms with Gasteiger partial charge in [-0.1, -0.05) is 19.1 Å². The van der Waals surface area contributed by atoms with Crippen LogP contribution in [-0.4, -0.2) is 0 Å². The predicted molar refractivity (Wildman–Crippen MR) is 90.3 cm³/mol. The third-order valence-electron chi connectivity index (χ3n) is 11.8. The molecule has 14 atom stereocenters. The van der Waals surface area contributed by atoms with Crippen LogP contribution in [0.3, 0.4) is 0 Å². The molecule has 0 N–H and O–H groups in total. The molecule has 23 heavy (non-hydrogen) atoms. The van der Waals surface area contributed by atoms with E-state index in [0.29, 0.717) is 0 Å². The van der Waals surface area contributed by atoms with Crippen LogP contribution >= 0.6 is 0 Å². The predicted octanol–water partition coefficient (Wildman–Crippen LogP) is 5.01. The van der Waals surface area contributed by atoms with E-state index >= 15 is 0 Å².